The first kappa shape index (κ1) is 33.1. The number of allylic oxidation sites excluding steroid dienone is 4. The first-order chi connectivity index (χ1) is 28.1. The van der Waals surface area contributed by atoms with Gasteiger partial charge in [0.1, 0.15) is 17.0 Å². The van der Waals surface area contributed by atoms with Crippen LogP contribution in [0.15, 0.2) is 205 Å². The van der Waals surface area contributed by atoms with Crippen molar-refractivity contribution in [2.45, 2.75) is 12.8 Å². The molecule has 57 heavy (non-hydrogen) atoms. The minimum atomic E-state index is 0.374. The number of nitrogens with zero attached hydrogens (tertiary/aromatic N) is 2. The van der Waals surface area contributed by atoms with E-state index in [0.717, 1.165) is 72.3 Å². The maximum Gasteiger partial charge on any atom is 0.138 e. The minimum Gasteiger partial charge on any atom is -0.456 e. The third kappa shape index (κ3) is 5.79. The summed E-state index contributed by atoms with van der Waals surface area (Å²) in [4.78, 5) is 5.45. The van der Waals surface area contributed by atoms with Gasteiger partial charge in [0.2, 0.25) is 0 Å². The molecule has 0 amide bonds. The minimum absolute atomic E-state index is 0.374. The lowest BCUT2D eigenvalue weighted by Crippen LogP contribution is -2.07. The van der Waals surface area contributed by atoms with Crippen molar-refractivity contribution >= 4 is 43.7 Å². The van der Waals surface area contributed by atoms with Crippen LogP contribution in [0.2, 0.25) is 0 Å². The molecule has 10 aromatic rings. The van der Waals surface area contributed by atoms with Crippen LogP contribution in [-0.2, 0) is 0 Å². The van der Waals surface area contributed by atoms with E-state index >= 15 is 0 Å². The molecule has 0 aliphatic heterocycles. The fraction of sp³-hybridized carbons (Fsp3) is 0.0556. The van der Waals surface area contributed by atoms with E-state index in [9.17, 15) is 0 Å². The molecule has 2 unspecified atom stereocenters. The molecule has 0 bridgehead atoms. The van der Waals surface area contributed by atoms with E-state index in [1.165, 1.54) is 27.5 Å². The second-order valence-corrected chi connectivity index (χ2v) is 15.2. The SMILES string of the molecule is CC1C=CC=CC1c1ccc(-c2cc(-c3ccc(-c4ccccc4)cc3)nc(-n3c4ccccc4c4cc(-c5ccc6oc7ccccc7c6c5)ccc43)c2)cc1. The fourth-order valence-corrected chi connectivity index (χ4v) is 8.74. The van der Waals surface area contributed by atoms with Crippen molar-refractivity contribution in [2.75, 3.05) is 0 Å². The molecule has 3 heteroatoms. The highest BCUT2D eigenvalue weighted by atomic mass is 16.3. The maximum absolute atomic E-state index is 6.16. The van der Waals surface area contributed by atoms with Gasteiger partial charge in [-0.25, -0.2) is 4.98 Å². The van der Waals surface area contributed by atoms with Crippen LogP contribution in [0.3, 0.4) is 0 Å². The standard InChI is InChI=1S/C54H38N2O/c1-35-11-5-6-14-44(35)39-23-19-38(20-24-39)43-33-49(40-25-21-37(22-26-40)36-12-3-2-4-13-36)55-54(34-43)56-50-17-9-7-15-45(50)47-31-41(27-29-51(47)56)42-28-30-53-48(32-42)46-16-8-10-18-52(46)57-53/h2-35,44H,1H3. The number of aromatic nitrogens is 2. The van der Waals surface area contributed by atoms with E-state index in [0.29, 0.717) is 11.8 Å². The van der Waals surface area contributed by atoms with Gasteiger partial charge in [-0.15, -0.1) is 0 Å². The Labute approximate surface area is 331 Å². The summed E-state index contributed by atoms with van der Waals surface area (Å²) >= 11 is 0. The number of hydrogen-bond acceptors (Lipinski definition) is 2. The summed E-state index contributed by atoms with van der Waals surface area (Å²) in [5.74, 6) is 1.72. The highest BCUT2D eigenvalue weighted by molar-refractivity contribution is 6.11. The van der Waals surface area contributed by atoms with Crippen LogP contribution in [-0.4, -0.2) is 9.55 Å². The third-order valence-electron chi connectivity index (χ3n) is 11.8. The number of para-hydroxylation sites is 2. The van der Waals surface area contributed by atoms with Gasteiger partial charge < -0.3 is 4.42 Å². The molecule has 2 atom stereocenters. The first-order valence-electron chi connectivity index (χ1n) is 19.7. The Kier molecular flexibility index (Phi) is 7.85. The van der Waals surface area contributed by atoms with Gasteiger partial charge in [0, 0.05) is 33.0 Å². The lowest BCUT2D eigenvalue weighted by molar-refractivity contribution is 0.635. The Hall–Kier alpha value is -7.23. The second-order valence-electron chi connectivity index (χ2n) is 15.2. The Morgan fingerprint density at radius 3 is 1.86 bits per heavy atom. The van der Waals surface area contributed by atoms with Gasteiger partial charge in [-0.05, 0) is 93.4 Å². The summed E-state index contributed by atoms with van der Waals surface area (Å²) in [6.07, 6.45) is 8.92. The molecular weight excluding hydrogens is 693 g/mol. The van der Waals surface area contributed by atoms with E-state index in [2.05, 4.69) is 200 Å². The first-order valence-corrected chi connectivity index (χ1v) is 19.7. The second kappa shape index (κ2) is 13.5. The van der Waals surface area contributed by atoms with Gasteiger partial charge >= 0.3 is 0 Å². The van der Waals surface area contributed by atoms with E-state index < -0.39 is 0 Å². The van der Waals surface area contributed by atoms with Crippen molar-refractivity contribution in [2.24, 2.45) is 5.92 Å². The molecule has 0 N–H and O–H groups in total. The molecule has 1 aliphatic rings. The number of hydrogen-bond donors (Lipinski definition) is 0. The Morgan fingerprint density at radius 1 is 0.439 bits per heavy atom. The number of rotatable bonds is 6. The van der Waals surface area contributed by atoms with Gasteiger partial charge in [-0.3, -0.25) is 4.57 Å². The monoisotopic (exact) mass is 730 g/mol. The normalized spacial score (nSPS) is 15.3. The summed E-state index contributed by atoms with van der Waals surface area (Å²) in [6.45, 7) is 2.29. The quantitative estimate of drug-likeness (QED) is 0.171. The van der Waals surface area contributed by atoms with Crippen LogP contribution in [0.4, 0.5) is 0 Å². The fourth-order valence-electron chi connectivity index (χ4n) is 8.74. The van der Waals surface area contributed by atoms with Crippen LogP contribution < -0.4 is 0 Å². The molecule has 3 heterocycles. The predicted octanol–water partition coefficient (Wildman–Crippen LogP) is 14.6. The Morgan fingerprint density at radius 2 is 1.04 bits per heavy atom. The zero-order chi connectivity index (χ0) is 37.9. The topological polar surface area (TPSA) is 31.0 Å². The molecule has 11 rings (SSSR count). The molecular formula is C54H38N2O. The molecule has 0 saturated carbocycles. The molecule has 270 valence electrons. The van der Waals surface area contributed by atoms with Crippen molar-refractivity contribution in [1.29, 1.82) is 0 Å². The van der Waals surface area contributed by atoms with E-state index in [-0.39, 0.29) is 0 Å². The molecule has 7 aromatic carbocycles. The van der Waals surface area contributed by atoms with Crippen molar-refractivity contribution in [1.82, 2.24) is 9.55 Å². The van der Waals surface area contributed by atoms with E-state index in [4.69, 9.17) is 9.40 Å². The predicted molar refractivity (Wildman–Crippen MR) is 238 cm³/mol. The van der Waals surface area contributed by atoms with Gasteiger partial charge in [0.05, 0.1) is 16.7 Å². The lowest BCUT2D eigenvalue weighted by atomic mass is 9.84. The van der Waals surface area contributed by atoms with Crippen LogP contribution in [0.1, 0.15) is 18.4 Å². The number of fused-ring (bicyclic) bond motifs is 6. The number of benzene rings is 7. The summed E-state index contributed by atoms with van der Waals surface area (Å²) in [6, 6.07) is 63.3. The summed E-state index contributed by atoms with van der Waals surface area (Å²) < 4.78 is 8.49. The van der Waals surface area contributed by atoms with Gasteiger partial charge in [0.25, 0.3) is 0 Å². The van der Waals surface area contributed by atoms with E-state index in [1.54, 1.807) is 0 Å². The Bertz CT molecular complexity index is 3180. The summed E-state index contributed by atoms with van der Waals surface area (Å²) in [5, 5.41) is 4.65. The molecule has 1 aliphatic carbocycles. The molecule has 0 spiro atoms. The van der Waals surface area contributed by atoms with Crippen LogP contribution >= 0.6 is 0 Å². The molecule has 0 fully saturated rings. The van der Waals surface area contributed by atoms with Gasteiger partial charge in [0.15, 0.2) is 0 Å². The van der Waals surface area contributed by atoms with Crippen molar-refractivity contribution in [3.63, 3.8) is 0 Å². The summed E-state index contributed by atoms with van der Waals surface area (Å²) in [5.41, 5.74) is 14.4. The molecule has 3 nitrogen and oxygen atoms in total. The third-order valence-corrected chi connectivity index (χ3v) is 11.8. The highest BCUT2D eigenvalue weighted by Gasteiger charge is 2.19. The molecule has 0 saturated heterocycles. The molecule has 0 radical (unpaired) electrons. The zero-order valence-corrected chi connectivity index (χ0v) is 31.5. The van der Waals surface area contributed by atoms with Crippen LogP contribution in [0, 0.1) is 5.92 Å². The van der Waals surface area contributed by atoms with Crippen molar-refractivity contribution in [3.05, 3.63) is 206 Å². The zero-order valence-electron chi connectivity index (χ0n) is 31.5. The average molecular weight is 731 g/mol. The van der Waals surface area contributed by atoms with Crippen molar-refractivity contribution in [3.8, 4) is 50.5 Å². The lowest BCUT2D eigenvalue weighted by Gasteiger charge is -2.21. The average Bonchev–Trinajstić information content (AvgIpc) is 3.82. The van der Waals surface area contributed by atoms with Crippen LogP contribution in [0.25, 0.3) is 94.2 Å². The highest BCUT2D eigenvalue weighted by Crippen LogP contribution is 2.39. The smallest absolute Gasteiger partial charge is 0.138 e. The van der Waals surface area contributed by atoms with Crippen molar-refractivity contribution < 1.29 is 4.42 Å². The van der Waals surface area contributed by atoms with Crippen LogP contribution in [0.5, 0.6) is 0 Å². The number of pyridine rings is 1. The van der Waals surface area contributed by atoms with Gasteiger partial charge in [-0.2, -0.15) is 0 Å². The number of furan rings is 1. The summed E-state index contributed by atoms with van der Waals surface area (Å²) in [7, 11) is 0. The maximum atomic E-state index is 6.16. The van der Waals surface area contributed by atoms with Gasteiger partial charge in [-0.1, -0.05) is 159 Å². The Balaban J connectivity index is 1.06. The van der Waals surface area contributed by atoms with E-state index in [1.807, 2.05) is 12.1 Å². The molecule has 3 aromatic heterocycles. The largest absolute Gasteiger partial charge is 0.456 e.